The lowest BCUT2D eigenvalue weighted by atomic mass is 10.0. The van der Waals surface area contributed by atoms with E-state index in [1.54, 1.807) is 20.1 Å². The van der Waals surface area contributed by atoms with Gasteiger partial charge in [-0.25, -0.2) is 4.79 Å². The number of nitrogens with one attached hydrogen (secondary N) is 3. The van der Waals surface area contributed by atoms with E-state index in [1.807, 2.05) is 0 Å². The fourth-order valence-electron chi connectivity index (χ4n) is 2.68. The van der Waals surface area contributed by atoms with E-state index in [4.69, 9.17) is 10.8 Å². The molecule has 0 aliphatic heterocycles. The minimum Gasteiger partial charge on any atom is -0.481 e. The Bertz CT molecular complexity index is 674. The topological polar surface area (TPSA) is 208 Å². The molecule has 3 amide bonds. The number of carbonyl (C=O) groups is 5. The lowest BCUT2D eigenvalue weighted by Gasteiger charge is -2.26. The van der Waals surface area contributed by atoms with Crippen molar-refractivity contribution in [3.63, 3.8) is 0 Å². The Morgan fingerprint density at radius 1 is 0.906 bits per heavy atom. The molecule has 0 bridgehead atoms. The van der Waals surface area contributed by atoms with E-state index in [0.717, 1.165) is 0 Å². The third-order valence-electron chi connectivity index (χ3n) is 4.36. The van der Waals surface area contributed by atoms with Gasteiger partial charge in [0.1, 0.15) is 18.1 Å². The maximum atomic E-state index is 12.7. The highest BCUT2D eigenvalue weighted by Gasteiger charge is 2.32. The second-order valence-electron chi connectivity index (χ2n) is 7.80. The number of hydrogen-bond acceptors (Lipinski definition) is 8. The van der Waals surface area contributed by atoms with Crippen LogP contribution in [0.25, 0.3) is 0 Å². The van der Waals surface area contributed by atoms with Crippen LogP contribution in [0.4, 0.5) is 0 Å². The van der Waals surface area contributed by atoms with Gasteiger partial charge in [-0.05, 0) is 37.7 Å². The largest absolute Gasteiger partial charge is 0.481 e. The van der Waals surface area contributed by atoms with Gasteiger partial charge in [0.05, 0.1) is 18.6 Å². The Hall–Kier alpha value is -2.38. The molecule has 0 aromatic rings. The summed E-state index contributed by atoms with van der Waals surface area (Å²) < 4.78 is 0. The number of aliphatic hydroxyl groups excluding tert-OH is 1. The highest BCUT2D eigenvalue weighted by molar-refractivity contribution is 7.98. The number of aliphatic carboxylic acids is 2. The fourth-order valence-corrected chi connectivity index (χ4v) is 3.15. The molecule has 5 unspecified atom stereocenters. The van der Waals surface area contributed by atoms with Crippen molar-refractivity contribution in [2.75, 3.05) is 12.0 Å². The van der Waals surface area contributed by atoms with E-state index >= 15 is 0 Å². The molecule has 0 fully saturated rings. The number of nitrogens with two attached hydrogens (primary N) is 1. The summed E-state index contributed by atoms with van der Waals surface area (Å²) in [6, 6.07) is -5.20. The Kier molecular flexibility index (Phi) is 13.5. The Balaban J connectivity index is 5.39. The molecule has 0 aliphatic carbocycles. The van der Waals surface area contributed by atoms with Crippen LogP contribution in [0.2, 0.25) is 0 Å². The van der Waals surface area contributed by atoms with E-state index in [-0.39, 0.29) is 18.8 Å². The van der Waals surface area contributed by atoms with Crippen LogP contribution in [0, 0.1) is 5.92 Å². The zero-order valence-electron chi connectivity index (χ0n) is 18.7. The lowest BCUT2D eigenvalue weighted by Crippen LogP contribution is -2.60. The van der Waals surface area contributed by atoms with E-state index in [9.17, 15) is 34.2 Å². The molecular formula is C19H34N4O8S. The Morgan fingerprint density at radius 2 is 1.47 bits per heavy atom. The van der Waals surface area contributed by atoms with Crippen molar-refractivity contribution in [3.8, 4) is 0 Å². The maximum absolute atomic E-state index is 12.7. The van der Waals surface area contributed by atoms with Gasteiger partial charge in [-0.3, -0.25) is 19.2 Å². The van der Waals surface area contributed by atoms with Crippen LogP contribution in [0.15, 0.2) is 0 Å². The molecule has 8 N–H and O–H groups in total. The van der Waals surface area contributed by atoms with Crippen molar-refractivity contribution in [2.45, 2.75) is 70.3 Å². The van der Waals surface area contributed by atoms with Crippen LogP contribution < -0.4 is 21.7 Å². The minimum absolute atomic E-state index is 0.000445. The standard InChI is InChI=1S/C19H34N4O8S/c1-9(2)7-13(19(30)31)22-17(28)12(5-6-32-4)21-18(29)15(10(3)24)23-16(27)11(20)8-14(25)26/h9-13,15,24H,5-8,20H2,1-4H3,(H,21,29)(H,22,28)(H,23,27)(H,25,26)(H,30,31). The molecule has 0 heterocycles. The van der Waals surface area contributed by atoms with Crippen molar-refractivity contribution in [1.82, 2.24) is 16.0 Å². The molecule has 0 radical (unpaired) electrons. The van der Waals surface area contributed by atoms with Gasteiger partial charge in [0, 0.05) is 0 Å². The van der Waals surface area contributed by atoms with E-state index < -0.39 is 66.4 Å². The lowest BCUT2D eigenvalue weighted by molar-refractivity contribution is -0.143. The van der Waals surface area contributed by atoms with Crippen LogP contribution in [-0.4, -0.2) is 87.3 Å². The van der Waals surface area contributed by atoms with Gasteiger partial charge in [-0.1, -0.05) is 13.8 Å². The quantitative estimate of drug-likeness (QED) is 0.145. The average Bonchev–Trinajstić information content (AvgIpc) is 2.66. The third-order valence-corrected chi connectivity index (χ3v) is 5.00. The number of carboxylic acids is 2. The number of amides is 3. The molecule has 13 heteroatoms. The van der Waals surface area contributed by atoms with Crippen molar-refractivity contribution >= 4 is 41.4 Å². The summed E-state index contributed by atoms with van der Waals surface area (Å²) in [5, 5.41) is 35.0. The fraction of sp³-hybridized carbons (Fsp3) is 0.737. The summed E-state index contributed by atoms with van der Waals surface area (Å²) in [6.45, 7) is 4.84. The number of carboxylic acid groups (broad SMARTS) is 2. The summed E-state index contributed by atoms with van der Waals surface area (Å²) >= 11 is 1.41. The first kappa shape index (κ1) is 29.6. The summed E-state index contributed by atoms with van der Waals surface area (Å²) in [6.07, 6.45) is 0.0979. The predicted octanol–water partition coefficient (Wildman–Crippen LogP) is -1.49. The average molecular weight is 479 g/mol. The molecule has 184 valence electrons. The summed E-state index contributed by atoms with van der Waals surface area (Å²) in [4.78, 5) is 59.6. The number of aliphatic hydroxyl groups is 1. The number of hydrogen-bond donors (Lipinski definition) is 7. The second-order valence-corrected chi connectivity index (χ2v) is 8.79. The molecule has 0 aromatic heterocycles. The SMILES string of the molecule is CSCCC(NC(=O)C(NC(=O)C(N)CC(=O)O)C(C)O)C(=O)NC(CC(C)C)C(=O)O. The number of thioether (sulfide) groups is 1. The molecule has 0 saturated heterocycles. The van der Waals surface area contributed by atoms with Crippen molar-refractivity contribution in [2.24, 2.45) is 11.7 Å². The first-order valence-corrected chi connectivity index (χ1v) is 11.5. The molecule has 0 saturated carbocycles. The van der Waals surface area contributed by atoms with Gasteiger partial charge in [0.25, 0.3) is 0 Å². The van der Waals surface area contributed by atoms with Crippen molar-refractivity contribution < 1.29 is 39.3 Å². The van der Waals surface area contributed by atoms with Crippen LogP contribution in [0.1, 0.15) is 40.0 Å². The molecular weight excluding hydrogens is 444 g/mol. The molecule has 0 aromatic carbocycles. The summed E-state index contributed by atoms with van der Waals surface area (Å²) in [5.74, 6) is -4.61. The Labute approximate surface area is 191 Å². The van der Waals surface area contributed by atoms with Gasteiger partial charge < -0.3 is 37.0 Å². The van der Waals surface area contributed by atoms with Gasteiger partial charge in [0.15, 0.2) is 0 Å². The van der Waals surface area contributed by atoms with Crippen molar-refractivity contribution in [1.29, 1.82) is 0 Å². The molecule has 12 nitrogen and oxygen atoms in total. The van der Waals surface area contributed by atoms with Gasteiger partial charge >= 0.3 is 11.9 Å². The number of rotatable bonds is 15. The maximum Gasteiger partial charge on any atom is 0.326 e. The predicted molar refractivity (Wildman–Crippen MR) is 118 cm³/mol. The summed E-state index contributed by atoms with van der Waals surface area (Å²) in [7, 11) is 0. The number of carbonyl (C=O) groups excluding carboxylic acids is 3. The van der Waals surface area contributed by atoms with Crippen molar-refractivity contribution in [3.05, 3.63) is 0 Å². The van der Waals surface area contributed by atoms with Crippen LogP contribution in [0.5, 0.6) is 0 Å². The zero-order chi connectivity index (χ0) is 25.0. The first-order chi connectivity index (χ1) is 14.8. The summed E-state index contributed by atoms with van der Waals surface area (Å²) in [5.41, 5.74) is 5.48. The first-order valence-electron chi connectivity index (χ1n) is 10.1. The van der Waals surface area contributed by atoms with Gasteiger partial charge in [0.2, 0.25) is 17.7 Å². The normalized spacial score (nSPS) is 15.7. The van der Waals surface area contributed by atoms with Gasteiger partial charge in [-0.15, -0.1) is 0 Å². The monoisotopic (exact) mass is 478 g/mol. The van der Waals surface area contributed by atoms with Crippen LogP contribution in [-0.2, 0) is 24.0 Å². The highest BCUT2D eigenvalue weighted by Crippen LogP contribution is 2.08. The Morgan fingerprint density at radius 3 is 1.91 bits per heavy atom. The van der Waals surface area contributed by atoms with Gasteiger partial charge in [-0.2, -0.15) is 11.8 Å². The molecule has 0 rings (SSSR count). The second kappa shape index (κ2) is 14.6. The molecule has 0 spiro atoms. The zero-order valence-corrected chi connectivity index (χ0v) is 19.5. The minimum atomic E-state index is -1.50. The van der Waals surface area contributed by atoms with E-state index in [1.165, 1.54) is 18.7 Å². The van der Waals surface area contributed by atoms with E-state index in [0.29, 0.717) is 5.75 Å². The highest BCUT2D eigenvalue weighted by atomic mass is 32.2. The van der Waals surface area contributed by atoms with E-state index in [2.05, 4.69) is 16.0 Å². The van der Waals surface area contributed by atoms with Crippen LogP contribution in [0.3, 0.4) is 0 Å². The molecule has 0 aliphatic rings. The van der Waals surface area contributed by atoms with Crippen LogP contribution >= 0.6 is 11.8 Å². The molecule has 32 heavy (non-hydrogen) atoms. The molecule has 5 atom stereocenters. The smallest absolute Gasteiger partial charge is 0.326 e. The third kappa shape index (κ3) is 11.3.